The smallest absolute Gasteiger partial charge is 0.193 e. The average molecular weight is 401 g/mol. The Morgan fingerprint density at radius 1 is 1.22 bits per heavy atom. The predicted octanol–water partition coefficient (Wildman–Crippen LogP) is 2.59. The number of aliphatic hydroxyl groups excluding tert-OH is 1. The second kappa shape index (κ2) is 7.12. The van der Waals surface area contributed by atoms with E-state index in [2.05, 4.69) is 5.16 Å². The highest BCUT2D eigenvalue weighted by molar-refractivity contribution is 7.93. The fourth-order valence-electron chi connectivity index (χ4n) is 2.28. The van der Waals surface area contributed by atoms with E-state index in [-0.39, 0.29) is 12.4 Å². The normalized spacial score (nSPS) is 13.0. The highest BCUT2D eigenvalue weighted by atomic mass is 32.2. The van der Waals surface area contributed by atoms with Crippen LogP contribution in [0.1, 0.15) is 39.1 Å². The molecule has 0 spiro atoms. The van der Waals surface area contributed by atoms with Crippen LogP contribution in [0.3, 0.4) is 0 Å². The summed E-state index contributed by atoms with van der Waals surface area (Å²) < 4.78 is 56.0. The maximum atomic E-state index is 14.0. The monoisotopic (exact) mass is 401 g/mol. The summed E-state index contributed by atoms with van der Waals surface area (Å²) in [6.07, 6.45) is -0.405. The summed E-state index contributed by atoms with van der Waals surface area (Å²) >= 11 is 0. The Labute approximate surface area is 156 Å². The number of sulfone groups is 1. The molecule has 1 aromatic heterocycles. The summed E-state index contributed by atoms with van der Waals surface area (Å²) in [6.45, 7) is 5.49. The van der Waals surface area contributed by atoms with Gasteiger partial charge in [0.25, 0.3) is 0 Å². The molecule has 1 aromatic carbocycles. The summed E-state index contributed by atoms with van der Waals surface area (Å²) in [4.78, 5) is 11.8. The summed E-state index contributed by atoms with van der Waals surface area (Å²) in [7, 11) is -4.50. The number of nitrogens with zero attached hydrogens (tertiary/aromatic N) is 1. The third kappa shape index (κ3) is 3.79. The molecule has 0 aliphatic carbocycles. The van der Waals surface area contributed by atoms with Gasteiger partial charge in [0.2, 0.25) is 0 Å². The van der Waals surface area contributed by atoms with Crippen molar-refractivity contribution in [2.24, 2.45) is 0 Å². The van der Waals surface area contributed by atoms with E-state index in [1.165, 1.54) is 6.07 Å². The van der Waals surface area contributed by atoms with Crippen LogP contribution in [-0.4, -0.2) is 35.8 Å². The van der Waals surface area contributed by atoms with Crippen LogP contribution >= 0.6 is 0 Å². The molecule has 0 radical (unpaired) electrons. The molecule has 0 aliphatic rings. The van der Waals surface area contributed by atoms with Crippen LogP contribution in [0.15, 0.2) is 33.7 Å². The number of benzene rings is 1. The van der Waals surface area contributed by atoms with Gasteiger partial charge in [-0.05, 0) is 26.0 Å². The Kier molecular flexibility index (Phi) is 5.58. The van der Waals surface area contributed by atoms with Gasteiger partial charge in [-0.3, -0.25) is 4.79 Å². The van der Waals surface area contributed by atoms with Crippen molar-refractivity contribution >= 4 is 15.6 Å². The number of Topliss-reactive ketones (excluding diaryl/α,β-unsaturated/α-hetero) is 1. The number of aliphatic hydroxyl groups is 1. The van der Waals surface area contributed by atoms with Crippen molar-refractivity contribution in [1.29, 1.82) is 0 Å². The first-order valence-electron chi connectivity index (χ1n) is 8.13. The minimum atomic E-state index is -4.50. The maximum absolute atomic E-state index is 14.0. The first kappa shape index (κ1) is 21.2. The molecule has 0 aliphatic heterocycles. The first-order chi connectivity index (χ1) is 12.3. The van der Waals surface area contributed by atoms with Gasteiger partial charge in [0.05, 0.1) is 18.7 Å². The number of rotatable bonds is 7. The highest BCUT2D eigenvalue weighted by Crippen LogP contribution is 2.30. The van der Waals surface area contributed by atoms with Crippen LogP contribution in [0.4, 0.5) is 8.78 Å². The number of hydrogen-bond donors (Lipinski definition) is 1. The van der Waals surface area contributed by atoms with Crippen LogP contribution < -0.4 is 0 Å². The van der Waals surface area contributed by atoms with E-state index in [1.807, 2.05) is 0 Å². The third-order valence-electron chi connectivity index (χ3n) is 4.53. The minimum absolute atomic E-state index is 0.111. The molecule has 0 fully saturated rings. The van der Waals surface area contributed by atoms with Crippen LogP contribution in [-0.2, 0) is 26.5 Å². The lowest BCUT2D eigenvalue weighted by Crippen LogP contribution is -2.42. The van der Waals surface area contributed by atoms with Gasteiger partial charge in [0.15, 0.2) is 27.3 Å². The molecular weight excluding hydrogens is 380 g/mol. The zero-order valence-electron chi connectivity index (χ0n) is 15.4. The molecule has 0 amide bonds. The van der Waals surface area contributed by atoms with E-state index in [0.717, 1.165) is 32.0 Å². The zero-order chi connectivity index (χ0) is 20.6. The number of ketones is 1. The molecule has 0 bridgehead atoms. The second-order valence-corrected chi connectivity index (χ2v) is 9.85. The standard InChI is InChI=1S/C18H21F2NO5S/c1-17(2,10-22)14-8-11(26-21-14)9-15(23)18(3,4)27(24,25)13-7-5-6-12(19)16(13)20/h5-8,22H,9-10H2,1-4H3. The summed E-state index contributed by atoms with van der Waals surface area (Å²) in [5.74, 6) is -3.49. The van der Waals surface area contributed by atoms with Gasteiger partial charge in [0.1, 0.15) is 15.4 Å². The van der Waals surface area contributed by atoms with E-state index in [4.69, 9.17) is 4.52 Å². The first-order valence-corrected chi connectivity index (χ1v) is 9.62. The van der Waals surface area contributed by atoms with Gasteiger partial charge in [-0.1, -0.05) is 25.1 Å². The number of carbonyl (C=O) groups is 1. The fourth-order valence-corrected chi connectivity index (χ4v) is 3.80. The molecule has 2 aromatic rings. The minimum Gasteiger partial charge on any atom is -0.395 e. The van der Waals surface area contributed by atoms with Crippen molar-refractivity contribution in [2.45, 2.75) is 49.2 Å². The topological polar surface area (TPSA) is 97.5 Å². The molecular formula is C18H21F2NO5S. The maximum Gasteiger partial charge on any atom is 0.193 e. The van der Waals surface area contributed by atoms with Gasteiger partial charge < -0.3 is 9.63 Å². The summed E-state index contributed by atoms with van der Waals surface area (Å²) in [6, 6.07) is 4.23. The van der Waals surface area contributed by atoms with Crippen molar-refractivity contribution in [3.05, 3.63) is 47.4 Å². The Balaban J connectivity index is 2.33. The average Bonchev–Trinajstić information content (AvgIpc) is 3.06. The Morgan fingerprint density at radius 3 is 2.44 bits per heavy atom. The quantitative estimate of drug-likeness (QED) is 0.766. The molecule has 0 unspecified atom stereocenters. The SMILES string of the molecule is CC(C)(CO)c1cc(CC(=O)C(C)(C)S(=O)(=O)c2cccc(F)c2F)on1. The van der Waals surface area contributed by atoms with Gasteiger partial charge in [0, 0.05) is 11.5 Å². The molecule has 148 valence electrons. The Bertz CT molecular complexity index is 964. The van der Waals surface area contributed by atoms with Gasteiger partial charge in [-0.25, -0.2) is 17.2 Å². The van der Waals surface area contributed by atoms with E-state index in [1.54, 1.807) is 13.8 Å². The predicted molar refractivity (Wildman–Crippen MR) is 92.9 cm³/mol. The molecule has 0 saturated carbocycles. The number of carbonyl (C=O) groups excluding carboxylic acids is 1. The number of hydrogen-bond acceptors (Lipinski definition) is 6. The number of aromatic nitrogens is 1. The molecule has 27 heavy (non-hydrogen) atoms. The van der Waals surface area contributed by atoms with E-state index in [0.29, 0.717) is 5.69 Å². The molecule has 1 N–H and O–H groups in total. The lowest BCUT2D eigenvalue weighted by atomic mass is 9.90. The molecule has 9 heteroatoms. The second-order valence-electron chi connectivity index (χ2n) is 7.39. The molecule has 1 heterocycles. The Hall–Kier alpha value is -2.13. The third-order valence-corrected chi connectivity index (χ3v) is 7.00. The lowest BCUT2D eigenvalue weighted by molar-refractivity contribution is -0.120. The van der Waals surface area contributed by atoms with Crippen LogP contribution in [0, 0.1) is 11.6 Å². The lowest BCUT2D eigenvalue weighted by Gasteiger charge is -2.23. The summed E-state index contributed by atoms with van der Waals surface area (Å²) in [5.41, 5.74) is -0.290. The van der Waals surface area contributed by atoms with E-state index in [9.17, 15) is 27.1 Å². The summed E-state index contributed by atoms with van der Waals surface area (Å²) in [5, 5.41) is 13.1. The molecule has 0 atom stereocenters. The van der Waals surface area contributed by atoms with Crippen molar-refractivity contribution in [2.75, 3.05) is 6.61 Å². The highest BCUT2D eigenvalue weighted by Gasteiger charge is 2.44. The van der Waals surface area contributed by atoms with Gasteiger partial charge in [-0.15, -0.1) is 0 Å². The van der Waals surface area contributed by atoms with Crippen LogP contribution in [0.2, 0.25) is 0 Å². The number of halogens is 2. The van der Waals surface area contributed by atoms with E-state index >= 15 is 0 Å². The van der Waals surface area contributed by atoms with Gasteiger partial charge >= 0.3 is 0 Å². The van der Waals surface area contributed by atoms with Crippen LogP contribution in [0.5, 0.6) is 0 Å². The Morgan fingerprint density at radius 2 is 1.85 bits per heavy atom. The molecule has 6 nitrogen and oxygen atoms in total. The van der Waals surface area contributed by atoms with Crippen molar-refractivity contribution in [3.63, 3.8) is 0 Å². The van der Waals surface area contributed by atoms with Crippen molar-refractivity contribution < 1.29 is 31.6 Å². The van der Waals surface area contributed by atoms with Crippen molar-refractivity contribution in [3.8, 4) is 0 Å². The van der Waals surface area contributed by atoms with E-state index < -0.39 is 48.7 Å². The fraction of sp³-hybridized carbons (Fsp3) is 0.444. The largest absolute Gasteiger partial charge is 0.395 e. The zero-order valence-corrected chi connectivity index (χ0v) is 16.2. The molecule has 2 rings (SSSR count). The van der Waals surface area contributed by atoms with Crippen LogP contribution in [0.25, 0.3) is 0 Å². The van der Waals surface area contributed by atoms with Crippen molar-refractivity contribution in [1.82, 2.24) is 5.16 Å². The van der Waals surface area contributed by atoms with Gasteiger partial charge in [-0.2, -0.15) is 0 Å². The molecule has 0 saturated heterocycles.